The summed E-state index contributed by atoms with van der Waals surface area (Å²) in [5.41, 5.74) is 9.67. The minimum Gasteiger partial charge on any atom is -0.0773 e. The van der Waals surface area contributed by atoms with Crippen molar-refractivity contribution < 1.29 is 0 Å². The molecule has 1 heteroatoms. The van der Waals surface area contributed by atoms with Gasteiger partial charge >= 0.3 is 0 Å². The highest BCUT2D eigenvalue weighted by Crippen LogP contribution is 2.49. The van der Waals surface area contributed by atoms with E-state index in [-0.39, 0.29) is 0 Å². The van der Waals surface area contributed by atoms with Crippen LogP contribution < -0.4 is 5.19 Å². The number of aryl methyl sites for hydroxylation is 1. The Balaban J connectivity index is 1.49. The van der Waals surface area contributed by atoms with Gasteiger partial charge in [-0.1, -0.05) is 177 Å². The predicted octanol–water partition coefficient (Wildman–Crippen LogP) is 11.4. The van der Waals surface area contributed by atoms with Crippen molar-refractivity contribution in [2.24, 2.45) is 29.6 Å². The first-order valence-corrected chi connectivity index (χ1v) is 20.7. The number of benzene rings is 3. The lowest BCUT2D eigenvalue weighted by molar-refractivity contribution is 0.384. The monoisotopic (exact) mass is 612 g/mol. The first-order valence-electron chi connectivity index (χ1n) is 17.2. The highest BCUT2D eigenvalue weighted by Gasteiger charge is 2.33. The summed E-state index contributed by atoms with van der Waals surface area (Å²) in [5, 5.41) is 6.99. The molecule has 228 valence electrons. The van der Waals surface area contributed by atoms with Gasteiger partial charge in [0, 0.05) is 11.8 Å². The molecule has 0 amide bonds. The van der Waals surface area contributed by atoms with E-state index in [2.05, 4.69) is 167 Å². The summed E-state index contributed by atoms with van der Waals surface area (Å²) >= 11 is 0. The maximum absolute atomic E-state index is 2.58. The Morgan fingerprint density at radius 1 is 0.630 bits per heavy atom. The second-order valence-corrected chi connectivity index (χ2v) is 19.9. The Kier molecular flexibility index (Phi) is 7.14. The van der Waals surface area contributed by atoms with Crippen molar-refractivity contribution in [1.29, 1.82) is 0 Å². The van der Waals surface area contributed by atoms with E-state index >= 15 is 0 Å². The zero-order chi connectivity index (χ0) is 31.6. The second-order valence-electron chi connectivity index (χ2n) is 14.8. The third kappa shape index (κ3) is 4.79. The smallest absolute Gasteiger partial charge is 0.0773 e. The minimum absolute atomic E-state index is 0.346. The Bertz CT molecular complexity index is 2090. The molecule has 5 atom stereocenters. The average Bonchev–Trinajstić information content (AvgIpc) is 3.36. The van der Waals surface area contributed by atoms with Crippen LogP contribution >= 0.6 is 0 Å². The van der Waals surface area contributed by atoms with E-state index in [0.29, 0.717) is 29.6 Å². The van der Waals surface area contributed by atoms with Gasteiger partial charge in [-0.25, -0.2) is 0 Å². The molecule has 0 nitrogen and oxygen atoms in total. The summed E-state index contributed by atoms with van der Waals surface area (Å²) in [6.07, 6.45) is 38.9. The summed E-state index contributed by atoms with van der Waals surface area (Å²) in [7, 11) is -1.59. The molecule has 0 aliphatic heterocycles. The maximum atomic E-state index is 2.58. The van der Waals surface area contributed by atoms with Crippen molar-refractivity contribution in [3.05, 3.63) is 161 Å². The van der Waals surface area contributed by atoms with E-state index < -0.39 is 8.07 Å². The van der Waals surface area contributed by atoms with Crippen molar-refractivity contribution in [1.82, 2.24) is 0 Å². The van der Waals surface area contributed by atoms with Crippen LogP contribution in [-0.4, -0.2) is 8.07 Å². The van der Waals surface area contributed by atoms with E-state index in [9.17, 15) is 0 Å². The highest BCUT2D eigenvalue weighted by atomic mass is 28.3. The lowest BCUT2D eigenvalue weighted by Crippen LogP contribution is -2.37. The first kappa shape index (κ1) is 29.2. The van der Waals surface area contributed by atoms with Crippen molar-refractivity contribution in [3.8, 4) is 0 Å². The van der Waals surface area contributed by atoms with Crippen LogP contribution in [-0.2, 0) is 0 Å². The van der Waals surface area contributed by atoms with Crippen molar-refractivity contribution in [2.75, 3.05) is 0 Å². The summed E-state index contributed by atoms with van der Waals surface area (Å²) in [4.78, 5) is 0. The van der Waals surface area contributed by atoms with Gasteiger partial charge in [0.05, 0.1) is 8.07 Å². The van der Waals surface area contributed by atoms with Gasteiger partial charge in [-0.3, -0.25) is 0 Å². The molecule has 0 N–H and O–H groups in total. The van der Waals surface area contributed by atoms with Crippen LogP contribution in [0.4, 0.5) is 0 Å². The minimum atomic E-state index is -1.59. The molecule has 5 aliphatic rings. The molecular weight excluding hydrogens is 569 g/mol. The van der Waals surface area contributed by atoms with Gasteiger partial charge in [0.1, 0.15) is 0 Å². The summed E-state index contributed by atoms with van der Waals surface area (Å²) in [6.45, 7) is 12.0. The van der Waals surface area contributed by atoms with Crippen LogP contribution in [0.3, 0.4) is 0 Å². The summed E-state index contributed by atoms with van der Waals surface area (Å²) in [6, 6.07) is 14.7. The summed E-state index contributed by atoms with van der Waals surface area (Å²) < 4.78 is 0. The van der Waals surface area contributed by atoms with Crippen molar-refractivity contribution >= 4 is 46.0 Å². The number of fused-ring (bicyclic) bond motifs is 7. The van der Waals surface area contributed by atoms with Gasteiger partial charge in [-0.15, -0.1) is 0 Å². The largest absolute Gasteiger partial charge is 0.0776 e. The van der Waals surface area contributed by atoms with E-state index in [1.807, 2.05) is 0 Å². The van der Waals surface area contributed by atoms with Gasteiger partial charge in [-0.2, -0.15) is 0 Å². The Morgan fingerprint density at radius 2 is 1.33 bits per heavy atom. The third-order valence-corrected chi connectivity index (χ3v) is 13.0. The molecule has 0 saturated heterocycles. The van der Waals surface area contributed by atoms with Crippen molar-refractivity contribution in [3.63, 3.8) is 0 Å². The maximum Gasteiger partial charge on any atom is 0.0776 e. The molecule has 3 aromatic carbocycles. The molecule has 5 unspecified atom stereocenters. The SMILES string of the molecule is CCC1C2C=CC=CC1C=C(c1c3cc(C)ccc3c(C3=C4C=CC=CC4C4C=CC=CC4=C3)c3cc([Si](C)(C)C)ccc13)C=C2. The number of allylic oxidation sites excluding steroid dienone is 20. The molecule has 46 heavy (non-hydrogen) atoms. The predicted molar refractivity (Wildman–Crippen MR) is 204 cm³/mol. The molecule has 5 aliphatic carbocycles. The fourth-order valence-electron chi connectivity index (χ4n) is 8.56. The topological polar surface area (TPSA) is 0 Å². The quantitative estimate of drug-likeness (QED) is 0.203. The van der Waals surface area contributed by atoms with Gasteiger partial charge in [0.2, 0.25) is 0 Å². The summed E-state index contributed by atoms with van der Waals surface area (Å²) in [5.74, 6) is 2.17. The normalized spacial score (nSPS) is 26.2. The third-order valence-electron chi connectivity index (χ3n) is 11.0. The van der Waals surface area contributed by atoms with Gasteiger partial charge in [-0.05, 0) is 79.6 Å². The number of hydrogen-bond acceptors (Lipinski definition) is 0. The van der Waals surface area contributed by atoms with Crippen LogP contribution in [0.15, 0.2) is 145 Å². The number of hydrogen-bond donors (Lipinski definition) is 0. The highest BCUT2D eigenvalue weighted by molar-refractivity contribution is 6.88. The van der Waals surface area contributed by atoms with Gasteiger partial charge in [0.15, 0.2) is 0 Å². The molecule has 0 aromatic heterocycles. The molecule has 0 spiro atoms. The van der Waals surface area contributed by atoms with Crippen LogP contribution in [0.2, 0.25) is 19.6 Å². The molecular formula is C45H44Si. The Labute approximate surface area is 276 Å². The second kappa shape index (κ2) is 11.2. The van der Waals surface area contributed by atoms with Gasteiger partial charge < -0.3 is 0 Å². The molecule has 8 rings (SSSR count). The average molecular weight is 613 g/mol. The van der Waals surface area contributed by atoms with Crippen LogP contribution in [0.25, 0.3) is 32.7 Å². The fourth-order valence-corrected chi connectivity index (χ4v) is 9.72. The molecule has 0 saturated carbocycles. The van der Waals surface area contributed by atoms with E-state index in [4.69, 9.17) is 0 Å². The molecule has 0 fully saturated rings. The molecule has 0 radical (unpaired) electrons. The van der Waals surface area contributed by atoms with Crippen LogP contribution in [0.1, 0.15) is 30.0 Å². The standard InChI is InChI=1S/C45H44Si/c1-6-35-30-13-7-8-14-31(35)26-33(21-20-30)44-39-24-22-34(46(3,4)5)28-43(39)45(40-23-19-29(2)25-41(40)44)42-27-32-15-9-10-16-36(32)37-17-11-12-18-38(37)42/h7-28,30-31,35-37H,6H2,1-5H3. The van der Waals surface area contributed by atoms with Crippen LogP contribution in [0, 0.1) is 36.5 Å². The Morgan fingerprint density at radius 3 is 2.13 bits per heavy atom. The fraction of sp³-hybridized carbons (Fsp3) is 0.244. The lowest BCUT2D eigenvalue weighted by Gasteiger charge is -2.34. The first-order chi connectivity index (χ1) is 22.3. The van der Waals surface area contributed by atoms with E-state index in [1.54, 1.807) is 0 Å². The molecule has 0 heterocycles. The van der Waals surface area contributed by atoms with Crippen molar-refractivity contribution in [2.45, 2.75) is 39.9 Å². The number of rotatable bonds is 4. The van der Waals surface area contributed by atoms with E-state index in [0.717, 1.165) is 6.42 Å². The lowest BCUT2D eigenvalue weighted by atomic mass is 9.69. The van der Waals surface area contributed by atoms with Crippen LogP contribution in [0.5, 0.6) is 0 Å². The zero-order valence-electron chi connectivity index (χ0n) is 27.8. The van der Waals surface area contributed by atoms with E-state index in [1.165, 1.54) is 65.7 Å². The zero-order valence-corrected chi connectivity index (χ0v) is 28.8. The molecule has 2 bridgehead atoms. The molecule has 3 aromatic rings. The van der Waals surface area contributed by atoms with Gasteiger partial charge in [0.25, 0.3) is 0 Å². The Hall–Kier alpha value is -4.20.